The summed E-state index contributed by atoms with van der Waals surface area (Å²) in [5, 5.41) is 17.9. The number of aliphatic hydroxyl groups is 1. The van der Waals surface area contributed by atoms with Crippen molar-refractivity contribution < 1.29 is 66.9 Å². The van der Waals surface area contributed by atoms with E-state index in [4.69, 9.17) is 47.4 Å². The Morgan fingerprint density at radius 1 is 0.667 bits per heavy atom. The van der Waals surface area contributed by atoms with Crippen LogP contribution in [0.2, 0.25) is 0 Å². The average Bonchev–Trinajstić information content (AvgIpc) is 3.75. The van der Waals surface area contributed by atoms with Crippen LogP contribution in [0.5, 0.6) is 28.7 Å². The molecule has 5 atom stereocenters. The Morgan fingerprint density at radius 3 is 1.67 bits per heavy atom. The maximum Gasteiger partial charge on any atom is 0.412 e. The molecule has 3 aromatic carbocycles. The van der Waals surface area contributed by atoms with E-state index in [1.54, 1.807) is 48.5 Å². The first-order chi connectivity index (χ1) is 23.3. The highest BCUT2D eigenvalue weighted by molar-refractivity contribution is 5.87. The van der Waals surface area contributed by atoms with E-state index in [1.807, 2.05) is 0 Å². The highest BCUT2D eigenvalue weighted by Crippen LogP contribution is 2.36. The number of carbonyl (C=O) groups is 3. The second kappa shape index (κ2) is 14.4. The van der Waals surface area contributed by atoms with Gasteiger partial charge in [0.1, 0.15) is 11.9 Å². The maximum atomic E-state index is 13.3. The van der Waals surface area contributed by atoms with Crippen LogP contribution in [0.4, 0.5) is 31.4 Å². The van der Waals surface area contributed by atoms with E-state index in [1.165, 1.54) is 26.4 Å². The topological polar surface area (TPSA) is 200 Å². The van der Waals surface area contributed by atoms with Gasteiger partial charge in [0.2, 0.25) is 13.6 Å². The minimum atomic E-state index is -1.57. The molecule has 17 nitrogen and oxygen atoms in total. The number of benzene rings is 3. The second-order valence-electron chi connectivity index (χ2n) is 10.3. The van der Waals surface area contributed by atoms with Crippen molar-refractivity contribution >= 4 is 35.3 Å². The first kappa shape index (κ1) is 32.3. The van der Waals surface area contributed by atoms with Crippen LogP contribution in [0.15, 0.2) is 60.7 Å². The first-order valence-electron chi connectivity index (χ1n) is 14.5. The Bertz CT molecular complexity index is 1640. The van der Waals surface area contributed by atoms with E-state index in [0.29, 0.717) is 40.1 Å². The van der Waals surface area contributed by atoms with Crippen molar-refractivity contribution in [2.24, 2.45) is 0 Å². The fourth-order valence-corrected chi connectivity index (χ4v) is 5.05. The van der Waals surface area contributed by atoms with Crippen LogP contribution in [0.25, 0.3) is 0 Å². The summed E-state index contributed by atoms with van der Waals surface area (Å²) >= 11 is 0. The summed E-state index contributed by atoms with van der Waals surface area (Å²) in [6.07, 6.45) is -10.3. The molecule has 3 aliphatic heterocycles. The van der Waals surface area contributed by atoms with Crippen molar-refractivity contribution in [3.8, 4) is 28.7 Å². The number of nitrogens with one attached hydrogen (secondary N) is 3. The van der Waals surface area contributed by atoms with Crippen molar-refractivity contribution in [2.75, 3.05) is 50.4 Å². The Kier molecular flexibility index (Phi) is 9.70. The lowest BCUT2D eigenvalue weighted by molar-refractivity contribution is -0.290. The Balaban J connectivity index is 1.23. The molecular formula is C31H31N3O14. The molecule has 3 aliphatic rings. The van der Waals surface area contributed by atoms with Gasteiger partial charge >= 0.3 is 18.3 Å². The summed E-state index contributed by atoms with van der Waals surface area (Å²) in [5.74, 6) is 2.36. The number of methoxy groups -OCH3 is 2. The quantitative estimate of drug-likeness (QED) is 0.241. The van der Waals surface area contributed by atoms with Crippen molar-refractivity contribution in [1.82, 2.24) is 0 Å². The third-order valence-corrected chi connectivity index (χ3v) is 7.31. The van der Waals surface area contributed by atoms with Gasteiger partial charge < -0.3 is 52.5 Å². The van der Waals surface area contributed by atoms with Gasteiger partial charge in [0.25, 0.3) is 0 Å². The van der Waals surface area contributed by atoms with E-state index in [9.17, 15) is 19.5 Å². The zero-order chi connectivity index (χ0) is 33.6. The fourth-order valence-electron chi connectivity index (χ4n) is 5.05. The number of hydrogen-bond donors (Lipinski definition) is 4. The smallest absolute Gasteiger partial charge is 0.412 e. The summed E-state index contributed by atoms with van der Waals surface area (Å²) in [5.41, 5.74) is 0.931. The number of hydrogen-bond acceptors (Lipinski definition) is 14. The zero-order valence-corrected chi connectivity index (χ0v) is 25.5. The van der Waals surface area contributed by atoms with Gasteiger partial charge in [-0.2, -0.15) is 0 Å². The molecule has 1 fully saturated rings. The van der Waals surface area contributed by atoms with Crippen molar-refractivity contribution in [1.29, 1.82) is 0 Å². The molecule has 6 rings (SSSR count). The Labute approximate surface area is 272 Å². The molecule has 1 saturated heterocycles. The molecule has 0 unspecified atom stereocenters. The first-order valence-corrected chi connectivity index (χ1v) is 14.5. The van der Waals surface area contributed by atoms with Crippen LogP contribution in [-0.4, -0.2) is 88.5 Å². The number of carbonyl (C=O) groups excluding carboxylic acids is 3. The van der Waals surface area contributed by atoms with Crippen LogP contribution < -0.4 is 39.6 Å². The zero-order valence-electron chi connectivity index (χ0n) is 25.5. The maximum absolute atomic E-state index is 13.3. The lowest BCUT2D eigenvalue weighted by Crippen LogP contribution is -2.63. The normalized spacial score (nSPS) is 21.9. The molecule has 0 bridgehead atoms. The average molecular weight is 670 g/mol. The van der Waals surface area contributed by atoms with Gasteiger partial charge in [0, 0.05) is 36.3 Å². The third kappa shape index (κ3) is 7.33. The van der Waals surface area contributed by atoms with Gasteiger partial charge in [-0.25, -0.2) is 14.4 Å². The Morgan fingerprint density at radius 2 is 1.15 bits per heavy atom. The van der Waals surface area contributed by atoms with E-state index < -0.39 is 55.6 Å². The molecule has 254 valence electrons. The van der Waals surface area contributed by atoms with E-state index in [2.05, 4.69) is 16.0 Å². The van der Waals surface area contributed by atoms with Crippen LogP contribution in [0.1, 0.15) is 0 Å². The molecule has 17 heteroatoms. The van der Waals surface area contributed by atoms with Gasteiger partial charge in [-0.3, -0.25) is 16.0 Å². The van der Waals surface area contributed by atoms with Crippen LogP contribution >= 0.6 is 0 Å². The lowest BCUT2D eigenvalue weighted by atomic mass is 9.98. The predicted octanol–water partition coefficient (Wildman–Crippen LogP) is 3.67. The van der Waals surface area contributed by atoms with Crippen molar-refractivity contribution in [3.63, 3.8) is 0 Å². The summed E-state index contributed by atoms with van der Waals surface area (Å²) in [6.45, 7) is -0.637. The van der Waals surface area contributed by atoms with Gasteiger partial charge in [0.05, 0.1) is 13.7 Å². The van der Waals surface area contributed by atoms with E-state index >= 15 is 0 Å². The van der Waals surface area contributed by atoms with Crippen LogP contribution in [-0.2, 0) is 23.7 Å². The van der Waals surface area contributed by atoms with E-state index in [0.717, 1.165) is 0 Å². The number of ether oxygens (including phenoxy) is 10. The molecule has 0 aromatic heterocycles. The number of amides is 3. The highest BCUT2D eigenvalue weighted by atomic mass is 16.7. The minimum absolute atomic E-state index is 0.0250. The number of rotatable bonds is 9. The molecule has 0 saturated carbocycles. The summed E-state index contributed by atoms with van der Waals surface area (Å²) in [4.78, 5) is 39.5. The van der Waals surface area contributed by atoms with Gasteiger partial charge in [-0.15, -0.1) is 0 Å². The summed E-state index contributed by atoms with van der Waals surface area (Å²) in [6, 6.07) is 15.7. The lowest BCUT2D eigenvalue weighted by Gasteiger charge is -2.43. The minimum Gasteiger partial charge on any atom is -0.497 e. The largest absolute Gasteiger partial charge is 0.497 e. The monoisotopic (exact) mass is 669 g/mol. The summed E-state index contributed by atoms with van der Waals surface area (Å²) < 4.78 is 54.7. The second-order valence-corrected chi connectivity index (χ2v) is 10.3. The fraction of sp³-hybridized carbons (Fsp3) is 0.323. The van der Waals surface area contributed by atoms with Gasteiger partial charge in [-0.05, 0) is 48.5 Å². The molecule has 0 aliphatic carbocycles. The predicted molar refractivity (Wildman–Crippen MR) is 163 cm³/mol. The molecule has 0 radical (unpaired) electrons. The van der Waals surface area contributed by atoms with Gasteiger partial charge in [0.15, 0.2) is 47.6 Å². The number of anilines is 3. The molecule has 4 N–H and O–H groups in total. The molecule has 3 heterocycles. The summed E-state index contributed by atoms with van der Waals surface area (Å²) in [7, 11) is 2.76. The number of fused-ring (bicyclic) bond motifs is 2. The number of aliphatic hydroxyl groups excluding tert-OH is 1. The van der Waals surface area contributed by atoms with Crippen molar-refractivity contribution in [3.05, 3.63) is 60.7 Å². The van der Waals surface area contributed by atoms with Gasteiger partial charge in [-0.1, -0.05) is 0 Å². The standard InChI is InChI=1S/C31H31N3O14/c1-39-19-7-3-16(4-8-19)32-29(36)46-25-24(13-35)45-28(40-2)27(48-31(38)34-18-6-10-21-23(12-18)44-15-42-21)26(25)47-30(37)33-17-5-9-20-22(11-17)43-14-41-20/h3-12,24-28,35H,13-15H2,1-2H3,(H,32,36)(H,33,37)(H,34,38)/t24-,25-,26+,27-,28+/m1/s1. The molecular weight excluding hydrogens is 638 g/mol. The SMILES string of the molecule is COc1ccc(NC(=O)O[C@H]2[C@H](OC(=O)Nc3ccc4c(c3)OCO4)[C@@H](OC(=O)Nc3ccc4c(c3)OCO4)[C@@H](OC)O[C@@H]2CO)cc1. The van der Waals surface area contributed by atoms with Crippen molar-refractivity contribution in [2.45, 2.75) is 30.7 Å². The molecule has 3 aromatic rings. The third-order valence-electron chi connectivity index (χ3n) is 7.31. The molecule has 3 amide bonds. The van der Waals surface area contributed by atoms with E-state index in [-0.39, 0.29) is 19.3 Å². The highest BCUT2D eigenvalue weighted by Gasteiger charge is 2.53. The van der Waals surface area contributed by atoms with Crippen LogP contribution in [0, 0.1) is 0 Å². The Hall–Kier alpha value is -5.65. The van der Waals surface area contributed by atoms with Crippen LogP contribution in [0.3, 0.4) is 0 Å². The molecule has 48 heavy (non-hydrogen) atoms. The molecule has 0 spiro atoms.